The fourth-order valence-electron chi connectivity index (χ4n) is 1.22. The van der Waals surface area contributed by atoms with Crippen LogP contribution in [0.4, 0.5) is 0 Å². The van der Waals surface area contributed by atoms with E-state index in [0.717, 1.165) is 19.5 Å². The summed E-state index contributed by atoms with van der Waals surface area (Å²) in [6, 6.07) is 0. The molecule has 0 saturated carbocycles. The molecule has 0 saturated heterocycles. The fraction of sp³-hybridized carbons (Fsp3) is 0.900. The van der Waals surface area contributed by atoms with Gasteiger partial charge in [-0.25, -0.2) is 0 Å². The lowest BCUT2D eigenvalue weighted by Crippen LogP contribution is -2.26. The number of carbonyl (C=O) groups is 1. The molecule has 13 heavy (non-hydrogen) atoms. The van der Waals surface area contributed by atoms with Gasteiger partial charge < -0.3 is 10.2 Å². The molecule has 3 nitrogen and oxygen atoms in total. The molecule has 0 aromatic rings. The molecule has 0 bridgehead atoms. The van der Waals surface area contributed by atoms with Gasteiger partial charge >= 0.3 is 0 Å². The van der Waals surface area contributed by atoms with Crippen molar-refractivity contribution >= 4 is 5.91 Å². The molecular weight excluding hydrogens is 164 g/mol. The quantitative estimate of drug-likeness (QED) is 0.607. The van der Waals surface area contributed by atoms with Crippen molar-refractivity contribution in [3.05, 3.63) is 0 Å². The molecule has 0 atom stereocenters. The van der Waals surface area contributed by atoms with Crippen LogP contribution < -0.4 is 5.32 Å². The first-order valence-electron chi connectivity index (χ1n) is 5.11. The van der Waals surface area contributed by atoms with Crippen LogP contribution in [0.2, 0.25) is 0 Å². The van der Waals surface area contributed by atoms with E-state index in [1.807, 2.05) is 25.9 Å². The molecule has 0 rings (SSSR count). The van der Waals surface area contributed by atoms with Gasteiger partial charge in [0.05, 0.1) is 0 Å². The van der Waals surface area contributed by atoms with Gasteiger partial charge in [0.25, 0.3) is 0 Å². The average molecular weight is 186 g/mol. The molecule has 0 fully saturated rings. The molecule has 0 aliphatic heterocycles. The van der Waals surface area contributed by atoms with Crippen molar-refractivity contribution in [3.63, 3.8) is 0 Å². The van der Waals surface area contributed by atoms with E-state index in [-0.39, 0.29) is 5.91 Å². The van der Waals surface area contributed by atoms with Gasteiger partial charge in [-0.3, -0.25) is 4.79 Å². The van der Waals surface area contributed by atoms with Gasteiger partial charge in [-0.05, 0) is 26.4 Å². The maximum Gasteiger partial charge on any atom is 0.222 e. The smallest absolute Gasteiger partial charge is 0.222 e. The molecule has 1 amide bonds. The summed E-state index contributed by atoms with van der Waals surface area (Å²) in [5, 5.41) is 3.11. The Hall–Kier alpha value is -0.570. The standard InChI is InChI=1S/C10H22N2O/c1-4-10(13)12(3)9-7-5-6-8-11-2/h11H,4-9H2,1-3H3. The second-order valence-corrected chi connectivity index (χ2v) is 3.33. The second kappa shape index (κ2) is 8.05. The van der Waals surface area contributed by atoms with E-state index in [2.05, 4.69) is 5.32 Å². The Bertz CT molecular complexity index is 137. The number of unbranched alkanes of at least 4 members (excludes halogenated alkanes) is 2. The van der Waals surface area contributed by atoms with Crippen LogP contribution in [0.15, 0.2) is 0 Å². The second-order valence-electron chi connectivity index (χ2n) is 3.33. The van der Waals surface area contributed by atoms with Crippen LogP contribution >= 0.6 is 0 Å². The largest absolute Gasteiger partial charge is 0.346 e. The van der Waals surface area contributed by atoms with Gasteiger partial charge in [0.15, 0.2) is 0 Å². The van der Waals surface area contributed by atoms with Gasteiger partial charge in [-0.2, -0.15) is 0 Å². The van der Waals surface area contributed by atoms with E-state index >= 15 is 0 Å². The molecule has 0 radical (unpaired) electrons. The van der Waals surface area contributed by atoms with Gasteiger partial charge in [-0.1, -0.05) is 13.3 Å². The van der Waals surface area contributed by atoms with Crippen molar-refractivity contribution in [1.29, 1.82) is 0 Å². The number of rotatable bonds is 7. The van der Waals surface area contributed by atoms with Crippen LogP contribution in [0.5, 0.6) is 0 Å². The van der Waals surface area contributed by atoms with Crippen molar-refractivity contribution in [1.82, 2.24) is 10.2 Å². The zero-order valence-corrected chi connectivity index (χ0v) is 9.10. The van der Waals surface area contributed by atoms with Gasteiger partial charge in [0.1, 0.15) is 0 Å². The lowest BCUT2D eigenvalue weighted by atomic mass is 10.2. The number of nitrogens with zero attached hydrogens (tertiary/aromatic N) is 1. The molecule has 3 heteroatoms. The molecule has 0 aliphatic carbocycles. The topological polar surface area (TPSA) is 32.3 Å². The summed E-state index contributed by atoms with van der Waals surface area (Å²) < 4.78 is 0. The molecule has 0 unspecified atom stereocenters. The Morgan fingerprint density at radius 1 is 1.31 bits per heavy atom. The van der Waals surface area contributed by atoms with Crippen LogP contribution in [0.1, 0.15) is 32.6 Å². The average Bonchev–Trinajstić information content (AvgIpc) is 2.16. The van der Waals surface area contributed by atoms with Gasteiger partial charge in [0.2, 0.25) is 5.91 Å². The zero-order valence-electron chi connectivity index (χ0n) is 9.10. The first kappa shape index (κ1) is 12.4. The molecule has 78 valence electrons. The monoisotopic (exact) mass is 186 g/mol. The maximum atomic E-state index is 11.1. The minimum absolute atomic E-state index is 0.244. The van der Waals surface area contributed by atoms with Crippen molar-refractivity contribution < 1.29 is 4.79 Å². The number of nitrogens with one attached hydrogen (secondary N) is 1. The lowest BCUT2D eigenvalue weighted by Gasteiger charge is -2.15. The summed E-state index contributed by atoms with van der Waals surface area (Å²) in [6.07, 6.45) is 4.13. The highest BCUT2D eigenvalue weighted by atomic mass is 16.2. The number of hydrogen-bond donors (Lipinski definition) is 1. The first-order chi connectivity index (χ1) is 6.22. The highest BCUT2D eigenvalue weighted by molar-refractivity contribution is 5.75. The van der Waals surface area contributed by atoms with Gasteiger partial charge in [-0.15, -0.1) is 0 Å². The number of hydrogen-bond acceptors (Lipinski definition) is 2. The summed E-state index contributed by atoms with van der Waals surface area (Å²) in [5.74, 6) is 0.244. The third-order valence-corrected chi connectivity index (χ3v) is 2.15. The van der Waals surface area contributed by atoms with Crippen molar-refractivity contribution in [2.75, 3.05) is 27.2 Å². The van der Waals surface area contributed by atoms with E-state index < -0.39 is 0 Å². The Labute approximate surface area is 81.5 Å². The summed E-state index contributed by atoms with van der Waals surface area (Å²) in [4.78, 5) is 13.0. The molecular formula is C10H22N2O. The minimum Gasteiger partial charge on any atom is -0.346 e. The van der Waals surface area contributed by atoms with E-state index in [4.69, 9.17) is 0 Å². The van der Waals surface area contributed by atoms with E-state index in [0.29, 0.717) is 6.42 Å². The first-order valence-corrected chi connectivity index (χ1v) is 5.11. The van der Waals surface area contributed by atoms with Crippen LogP contribution in [-0.2, 0) is 4.79 Å². The van der Waals surface area contributed by atoms with Crippen molar-refractivity contribution in [3.8, 4) is 0 Å². The molecule has 0 spiro atoms. The normalized spacial score (nSPS) is 10.1. The van der Waals surface area contributed by atoms with Crippen molar-refractivity contribution in [2.45, 2.75) is 32.6 Å². The van der Waals surface area contributed by atoms with E-state index in [1.165, 1.54) is 12.8 Å². The number of carbonyl (C=O) groups excluding carboxylic acids is 1. The minimum atomic E-state index is 0.244. The molecule has 0 aromatic carbocycles. The molecule has 0 aromatic heterocycles. The lowest BCUT2D eigenvalue weighted by molar-refractivity contribution is -0.129. The number of amides is 1. The highest BCUT2D eigenvalue weighted by Crippen LogP contribution is 1.98. The van der Waals surface area contributed by atoms with Crippen LogP contribution in [0.25, 0.3) is 0 Å². The van der Waals surface area contributed by atoms with Gasteiger partial charge in [0, 0.05) is 20.0 Å². The Morgan fingerprint density at radius 2 is 2.00 bits per heavy atom. The third kappa shape index (κ3) is 6.58. The molecule has 1 N–H and O–H groups in total. The summed E-state index contributed by atoms with van der Waals surface area (Å²) in [5.41, 5.74) is 0. The Kier molecular flexibility index (Phi) is 7.69. The molecule has 0 aliphatic rings. The van der Waals surface area contributed by atoms with Crippen LogP contribution in [0.3, 0.4) is 0 Å². The highest BCUT2D eigenvalue weighted by Gasteiger charge is 2.03. The van der Waals surface area contributed by atoms with E-state index in [1.54, 1.807) is 0 Å². The fourth-order valence-corrected chi connectivity index (χ4v) is 1.22. The van der Waals surface area contributed by atoms with E-state index in [9.17, 15) is 4.79 Å². The molecule has 0 heterocycles. The van der Waals surface area contributed by atoms with Crippen molar-refractivity contribution in [2.24, 2.45) is 0 Å². The zero-order chi connectivity index (χ0) is 10.1. The predicted molar refractivity (Wildman–Crippen MR) is 55.7 cm³/mol. The Balaban J connectivity index is 3.26. The Morgan fingerprint density at radius 3 is 2.54 bits per heavy atom. The third-order valence-electron chi connectivity index (χ3n) is 2.15. The maximum absolute atomic E-state index is 11.1. The summed E-state index contributed by atoms with van der Waals surface area (Å²) in [6.45, 7) is 3.88. The van der Waals surface area contributed by atoms with Crippen LogP contribution in [0, 0.1) is 0 Å². The summed E-state index contributed by atoms with van der Waals surface area (Å²) >= 11 is 0. The predicted octanol–water partition coefficient (Wildman–Crippen LogP) is 1.24. The SMILES string of the molecule is CCC(=O)N(C)CCCCCNC. The summed E-state index contributed by atoms with van der Waals surface area (Å²) in [7, 11) is 3.84. The van der Waals surface area contributed by atoms with Crippen LogP contribution in [-0.4, -0.2) is 38.0 Å².